The predicted octanol–water partition coefficient (Wildman–Crippen LogP) is -0.753. The molecule has 4 aliphatic rings. The van der Waals surface area contributed by atoms with Crippen molar-refractivity contribution in [3.05, 3.63) is 46.6 Å². The second-order valence-electron chi connectivity index (χ2n) is 6.97. The summed E-state index contributed by atoms with van der Waals surface area (Å²) in [4.78, 5) is 0. The van der Waals surface area contributed by atoms with Crippen molar-refractivity contribution in [3.63, 3.8) is 0 Å². The molecular weight excluding hydrogens is 378 g/mol. The molecule has 3 heteroatoms. The summed E-state index contributed by atoms with van der Waals surface area (Å²) in [5, 5.41) is 0. The van der Waals surface area contributed by atoms with E-state index in [4.69, 9.17) is 0 Å². The average Bonchev–Trinajstić information content (AvgIpc) is 3.04. The van der Waals surface area contributed by atoms with Gasteiger partial charge in [-0.15, -0.1) is 0 Å². The minimum absolute atomic E-state index is 0. The molecule has 112 valence electrons. The SMILES string of the molecule is CC1CC2=C(C1)[CH]([Zr+2][CH]1C=CC3=C1CC(C)C3)C=C2.[Cl-].[Cl-]. The third-order valence-electron chi connectivity index (χ3n) is 5.19. The first-order valence-electron chi connectivity index (χ1n) is 7.77. The summed E-state index contributed by atoms with van der Waals surface area (Å²) in [5.74, 6) is 1.83. The van der Waals surface area contributed by atoms with Crippen LogP contribution in [0.15, 0.2) is 46.6 Å². The molecule has 0 aromatic heterocycles. The summed E-state index contributed by atoms with van der Waals surface area (Å²) < 4.78 is 1.84. The zero-order chi connectivity index (χ0) is 13.0. The summed E-state index contributed by atoms with van der Waals surface area (Å²) in [7, 11) is 0. The molecule has 0 bridgehead atoms. The van der Waals surface area contributed by atoms with Gasteiger partial charge in [0, 0.05) is 0 Å². The quantitative estimate of drug-likeness (QED) is 0.572. The Morgan fingerprint density at radius 2 is 1.19 bits per heavy atom. The molecule has 0 N–H and O–H groups in total. The normalized spacial score (nSPS) is 35.5. The molecule has 0 radical (unpaired) electrons. The summed E-state index contributed by atoms with van der Waals surface area (Å²) in [5.41, 5.74) is 7.14. The Morgan fingerprint density at radius 1 is 0.762 bits per heavy atom. The molecule has 4 rings (SSSR count). The number of hydrogen-bond donors (Lipinski definition) is 0. The van der Waals surface area contributed by atoms with Gasteiger partial charge in [0.25, 0.3) is 0 Å². The van der Waals surface area contributed by atoms with Crippen LogP contribution in [0.25, 0.3) is 0 Å². The maximum absolute atomic E-state index is 2.56. The molecule has 0 saturated carbocycles. The van der Waals surface area contributed by atoms with Crippen molar-refractivity contribution in [3.8, 4) is 0 Å². The molecule has 4 aliphatic carbocycles. The Hall–Kier alpha value is 0.423. The van der Waals surface area contributed by atoms with Gasteiger partial charge in [0.05, 0.1) is 0 Å². The summed E-state index contributed by atoms with van der Waals surface area (Å²) in [6.07, 6.45) is 15.6. The second-order valence-corrected chi connectivity index (χ2v) is 10.8. The minimum atomic E-state index is -0.386. The number of halogens is 2. The van der Waals surface area contributed by atoms with Crippen LogP contribution < -0.4 is 24.8 Å². The van der Waals surface area contributed by atoms with Crippen LogP contribution >= 0.6 is 0 Å². The van der Waals surface area contributed by atoms with Crippen LogP contribution in [-0.2, 0) is 23.2 Å². The Labute approximate surface area is 152 Å². The van der Waals surface area contributed by atoms with Crippen LogP contribution in [-0.4, -0.2) is 0 Å². The summed E-state index contributed by atoms with van der Waals surface area (Å²) in [6, 6.07) is 0. The maximum Gasteiger partial charge on any atom is -1.00 e. The third-order valence-corrected chi connectivity index (χ3v) is 9.61. The van der Waals surface area contributed by atoms with E-state index in [0.717, 1.165) is 19.1 Å². The standard InChI is InChI=1S/2C9H11.2ClH.Zr/c2*1-7-5-8-3-2-4-9(8)6-7;;;/h2*2-4,7H,5-6H2,1H3;2*1H;/q;;;;+2/p-2. The summed E-state index contributed by atoms with van der Waals surface area (Å²) >= 11 is -0.386. The fraction of sp³-hybridized carbons (Fsp3) is 0.556. The van der Waals surface area contributed by atoms with Gasteiger partial charge in [0.15, 0.2) is 0 Å². The molecule has 4 atom stereocenters. The van der Waals surface area contributed by atoms with E-state index in [1.807, 2.05) is 11.1 Å². The van der Waals surface area contributed by atoms with Crippen LogP contribution in [0.5, 0.6) is 0 Å². The van der Waals surface area contributed by atoms with Gasteiger partial charge in [-0.25, -0.2) is 0 Å². The van der Waals surface area contributed by atoms with E-state index in [1.165, 1.54) is 25.7 Å². The first-order valence-corrected chi connectivity index (χ1v) is 10.6. The van der Waals surface area contributed by atoms with Crippen LogP contribution in [0.3, 0.4) is 0 Å². The fourth-order valence-corrected chi connectivity index (χ4v) is 8.79. The molecule has 0 amide bonds. The van der Waals surface area contributed by atoms with E-state index in [-0.39, 0.29) is 48.0 Å². The van der Waals surface area contributed by atoms with E-state index < -0.39 is 0 Å². The maximum atomic E-state index is 2.56. The largest absolute Gasteiger partial charge is 1.00 e. The molecule has 21 heavy (non-hydrogen) atoms. The van der Waals surface area contributed by atoms with Gasteiger partial charge in [-0.2, -0.15) is 0 Å². The number of hydrogen-bond acceptors (Lipinski definition) is 0. The molecule has 4 unspecified atom stereocenters. The van der Waals surface area contributed by atoms with Crippen molar-refractivity contribution in [1.82, 2.24) is 0 Å². The van der Waals surface area contributed by atoms with Gasteiger partial charge < -0.3 is 24.8 Å². The first kappa shape index (κ1) is 17.8. The Balaban J connectivity index is 0.000000807. The Kier molecular flexibility index (Phi) is 5.84. The molecular formula is C18H22Cl2Zr. The minimum Gasteiger partial charge on any atom is -1.00 e. The van der Waals surface area contributed by atoms with E-state index >= 15 is 0 Å². The fourth-order valence-electron chi connectivity index (χ4n) is 4.34. The molecule has 0 heterocycles. The molecule has 0 nitrogen and oxygen atoms in total. The molecule has 0 fully saturated rings. The van der Waals surface area contributed by atoms with E-state index in [1.54, 1.807) is 11.1 Å². The third kappa shape index (κ3) is 3.22. The van der Waals surface area contributed by atoms with Crippen molar-refractivity contribution in [2.75, 3.05) is 0 Å². The topological polar surface area (TPSA) is 0 Å². The molecule has 0 saturated heterocycles. The van der Waals surface area contributed by atoms with Gasteiger partial charge in [-0.3, -0.25) is 0 Å². The van der Waals surface area contributed by atoms with Gasteiger partial charge in [0.1, 0.15) is 0 Å². The molecule has 0 spiro atoms. The van der Waals surface area contributed by atoms with Crippen molar-refractivity contribution < 1.29 is 48.0 Å². The van der Waals surface area contributed by atoms with Crippen molar-refractivity contribution >= 4 is 0 Å². The number of allylic oxidation sites excluding steroid dienone is 8. The van der Waals surface area contributed by atoms with Gasteiger partial charge in [-0.05, 0) is 0 Å². The smallest absolute Gasteiger partial charge is 1.00 e. The zero-order valence-corrected chi connectivity index (χ0v) is 16.7. The monoisotopic (exact) mass is 398 g/mol. The summed E-state index contributed by atoms with van der Waals surface area (Å²) in [6.45, 7) is 4.84. The van der Waals surface area contributed by atoms with E-state index in [0.29, 0.717) is 0 Å². The Bertz CT molecular complexity index is 493. The van der Waals surface area contributed by atoms with Gasteiger partial charge in [0.2, 0.25) is 0 Å². The van der Waals surface area contributed by atoms with Gasteiger partial charge >= 0.3 is 128 Å². The molecule has 0 aromatic carbocycles. The second kappa shape index (κ2) is 6.90. The van der Waals surface area contributed by atoms with Crippen molar-refractivity contribution in [1.29, 1.82) is 0 Å². The molecule has 0 aromatic rings. The Morgan fingerprint density at radius 3 is 1.62 bits per heavy atom. The zero-order valence-electron chi connectivity index (χ0n) is 12.7. The van der Waals surface area contributed by atoms with E-state index in [9.17, 15) is 0 Å². The van der Waals surface area contributed by atoms with Crippen LogP contribution in [0, 0.1) is 11.8 Å². The molecule has 0 aliphatic heterocycles. The van der Waals surface area contributed by atoms with Crippen LogP contribution in [0.1, 0.15) is 39.5 Å². The van der Waals surface area contributed by atoms with Crippen LogP contribution in [0.2, 0.25) is 7.25 Å². The van der Waals surface area contributed by atoms with Crippen molar-refractivity contribution in [2.45, 2.75) is 46.8 Å². The van der Waals surface area contributed by atoms with Crippen molar-refractivity contribution in [2.24, 2.45) is 11.8 Å². The number of rotatable bonds is 2. The van der Waals surface area contributed by atoms with E-state index in [2.05, 4.69) is 38.2 Å². The first-order chi connectivity index (χ1) is 9.20. The van der Waals surface area contributed by atoms with Crippen LogP contribution in [0.4, 0.5) is 0 Å². The predicted molar refractivity (Wildman–Crippen MR) is 76.6 cm³/mol. The van der Waals surface area contributed by atoms with Gasteiger partial charge in [-0.1, -0.05) is 0 Å². The average molecular weight is 401 g/mol.